The van der Waals surface area contributed by atoms with Gasteiger partial charge in [-0.3, -0.25) is 9.48 Å². The van der Waals surface area contributed by atoms with E-state index in [-0.39, 0.29) is 47.6 Å². The number of carbonyl (C=O) groups is 1. The summed E-state index contributed by atoms with van der Waals surface area (Å²) in [5, 5.41) is 4.43. The van der Waals surface area contributed by atoms with E-state index in [1.165, 1.54) is 4.68 Å². The number of fused-ring (bicyclic) bond motifs is 1. The van der Waals surface area contributed by atoms with E-state index in [0.717, 1.165) is 37.3 Å². The van der Waals surface area contributed by atoms with Crippen LogP contribution in [0.4, 0.5) is 13.2 Å². The molecule has 0 amide bonds. The molecule has 2 heterocycles. The van der Waals surface area contributed by atoms with Crippen LogP contribution in [0.5, 0.6) is 5.88 Å². The smallest absolute Gasteiger partial charge is 0.417 e. The average Bonchev–Trinajstić information content (AvgIpc) is 3.40. The molecule has 0 bridgehead atoms. The van der Waals surface area contributed by atoms with Crippen LogP contribution in [0.15, 0.2) is 36.4 Å². The first-order valence-electron chi connectivity index (χ1n) is 10.9. The quantitative estimate of drug-likeness (QED) is 0.462. The monoisotopic (exact) mass is 445 g/mol. The Hall–Kier alpha value is -2.90. The summed E-state index contributed by atoms with van der Waals surface area (Å²) in [6, 6.07) is 10.5. The van der Waals surface area contributed by atoms with Gasteiger partial charge in [0.1, 0.15) is 6.61 Å². The van der Waals surface area contributed by atoms with Gasteiger partial charge >= 0.3 is 6.18 Å². The van der Waals surface area contributed by atoms with E-state index < -0.39 is 11.7 Å². The first-order chi connectivity index (χ1) is 15.2. The summed E-state index contributed by atoms with van der Waals surface area (Å²) >= 11 is 0. The molecule has 0 radical (unpaired) electrons. The summed E-state index contributed by atoms with van der Waals surface area (Å²) in [5.41, 5.74) is 0.799. The van der Waals surface area contributed by atoms with Crippen molar-refractivity contribution in [2.24, 2.45) is 7.05 Å². The number of ether oxygens (including phenoxy) is 1. The van der Waals surface area contributed by atoms with Crippen LogP contribution in [-0.4, -0.2) is 27.2 Å². The molecule has 32 heavy (non-hydrogen) atoms. The number of alkyl halides is 3. The first-order valence-corrected chi connectivity index (χ1v) is 10.9. The predicted molar refractivity (Wildman–Crippen MR) is 115 cm³/mol. The van der Waals surface area contributed by atoms with Gasteiger partial charge in [-0.05, 0) is 24.3 Å². The Kier molecular flexibility index (Phi) is 6.22. The van der Waals surface area contributed by atoms with E-state index in [1.807, 2.05) is 37.3 Å². The van der Waals surface area contributed by atoms with Gasteiger partial charge in [-0.15, -0.1) is 0 Å². The molecule has 0 N–H and O–H groups in total. The second-order valence-electron chi connectivity index (χ2n) is 8.54. The molecule has 8 heteroatoms. The number of pyridine rings is 1. The number of hydrogen-bond donors (Lipinski definition) is 0. The molecule has 4 rings (SSSR count). The van der Waals surface area contributed by atoms with E-state index in [2.05, 4.69) is 10.1 Å². The van der Waals surface area contributed by atoms with Gasteiger partial charge < -0.3 is 4.74 Å². The molecule has 1 fully saturated rings. The zero-order chi connectivity index (χ0) is 22.9. The predicted octanol–water partition coefficient (Wildman–Crippen LogP) is 5.79. The van der Waals surface area contributed by atoms with Crippen molar-refractivity contribution in [2.75, 3.05) is 6.61 Å². The number of halogens is 3. The summed E-state index contributed by atoms with van der Waals surface area (Å²) in [5.74, 6) is -0.422. The summed E-state index contributed by atoms with van der Waals surface area (Å²) in [6.45, 7) is 1.60. The molecule has 170 valence electrons. The molecule has 1 aliphatic rings. The molecule has 0 saturated heterocycles. The average molecular weight is 445 g/mol. The Labute approximate surface area is 184 Å². The summed E-state index contributed by atoms with van der Waals surface area (Å²) in [6.07, 6.45) is -0.715. The lowest BCUT2D eigenvalue weighted by molar-refractivity contribution is -0.136. The van der Waals surface area contributed by atoms with Gasteiger partial charge in [0.2, 0.25) is 5.88 Å². The van der Waals surface area contributed by atoms with Gasteiger partial charge in [-0.25, -0.2) is 0 Å². The first kappa shape index (κ1) is 22.3. The van der Waals surface area contributed by atoms with E-state index in [0.29, 0.717) is 5.69 Å². The Morgan fingerprint density at radius 2 is 1.91 bits per heavy atom. The third kappa shape index (κ3) is 4.64. The van der Waals surface area contributed by atoms with Gasteiger partial charge in [0.25, 0.3) is 0 Å². The van der Waals surface area contributed by atoms with Crippen molar-refractivity contribution in [2.45, 2.75) is 57.0 Å². The zero-order valence-corrected chi connectivity index (χ0v) is 18.2. The van der Waals surface area contributed by atoms with Crippen molar-refractivity contribution >= 4 is 16.8 Å². The number of aromatic nitrogens is 3. The van der Waals surface area contributed by atoms with Gasteiger partial charge in [0, 0.05) is 25.5 Å². The Morgan fingerprint density at radius 3 is 2.56 bits per heavy atom. The Balaban J connectivity index is 1.57. The fourth-order valence-electron chi connectivity index (χ4n) is 4.49. The maximum absolute atomic E-state index is 13.9. The maximum atomic E-state index is 13.9. The SMILES string of the molecule is C[C@H](CC(=O)COc1cc(C(F)(F)F)c2c(C3CCCC3)nn(C)c2n1)c1ccccc1. The third-order valence-corrected chi connectivity index (χ3v) is 6.13. The molecule has 1 atom stereocenters. The van der Waals surface area contributed by atoms with Gasteiger partial charge in [0.05, 0.1) is 16.6 Å². The summed E-state index contributed by atoms with van der Waals surface area (Å²) < 4.78 is 48.7. The van der Waals surface area contributed by atoms with E-state index in [4.69, 9.17) is 4.74 Å². The number of rotatable bonds is 7. The molecule has 0 unspecified atom stereocenters. The van der Waals surface area contributed by atoms with Crippen LogP contribution in [0.2, 0.25) is 0 Å². The molecule has 0 aliphatic heterocycles. The number of carbonyl (C=O) groups excluding carboxylic acids is 1. The number of nitrogens with zero attached hydrogens (tertiary/aromatic N) is 3. The second kappa shape index (κ2) is 8.92. The van der Waals surface area contributed by atoms with Gasteiger partial charge in [0.15, 0.2) is 11.4 Å². The Morgan fingerprint density at radius 1 is 1.22 bits per heavy atom. The van der Waals surface area contributed by atoms with Crippen molar-refractivity contribution in [1.82, 2.24) is 14.8 Å². The summed E-state index contributed by atoms with van der Waals surface area (Å²) in [4.78, 5) is 16.7. The van der Waals surface area contributed by atoms with Crippen LogP contribution in [0.3, 0.4) is 0 Å². The lowest BCUT2D eigenvalue weighted by atomic mass is 9.96. The van der Waals surface area contributed by atoms with Gasteiger partial charge in [-0.2, -0.15) is 23.3 Å². The minimum absolute atomic E-state index is 0.00872. The van der Waals surface area contributed by atoms with Gasteiger partial charge in [-0.1, -0.05) is 50.1 Å². The summed E-state index contributed by atoms with van der Waals surface area (Å²) in [7, 11) is 1.59. The third-order valence-electron chi connectivity index (χ3n) is 6.13. The van der Waals surface area contributed by atoms with E-state index in [1.54, 1.807) is 7.05 Å². The minimum atomic E-state index is -4.58. The molecular formula is C24H26F3N3O2. The number of aryl methyl sites for hydroxylation is 1. The lowest BCUT2D eigenvalue weighted by Gasteiger charge is -2.14. The molecule has 0 spiro atoms. The van der Waals surface area contributed by atoms with Crippen LogP contribution < -0.4 is 4.74 Å². The number of Topliss-reactive ketones (excluding diaryl/α,β-unsaturated/α-hetero) is 1. The van der Waals surface area contributed by atoms with E-state index in [9.17, 15) is 18.0 Å². The largest absolute Gasteiger partial charge is 0.470 e. The van der Waals surface area contributed by atoms with Crippen molar-refractivity contribution in [1.29, 1.82) is 0 Å². The molecule has 1 aromatic carbocycles. The highest BCUT2D eigenvalue weighted by Crippen LogP contribution is 2.43. The highest BCUT2D eigenvalue weighted by Gasteiger charge is 2.37. The van der Waals surface area contributed by atoms with Crippen LogP contribution in [0, 0.1) is 0 Å². The fourth-order valence-corrected chi connectivity index (χ4v) is 4.49. The molecule has 3 aromatic rings. The van der Waals surface area contributed by atoms with Crippen molar-refractivity contribution in [3.8, 4) is 5.88 Å². The Bertz CT molecular complexity index is 1100. The highest BCUT2D eigenvalue weighted by molar-refractivity contribution is 5.84. The van der Waals surface area contributed by atoms with Crippen molar-refractivity contribution in [3.63, 3.8) is 0 Å². The maximum Gasteiger partial charge on any atom is 0.417 e. The van der Waals surface area contributed by atoms with Crippen LogP contribution in [-0.2, 0) is 18.0 Å². The number of benzene rings is 1. The topological polar surface area (TPSA) is 57.0 Å². The number of ketones is 1. The van der Waals surface area contributed by atoms with Crippen LogP contribution in [0.25, 0.3) is 11.0 Å². The highest BCUT2D eigenvalue weighted by atomic mass is 19.4. The van der Waals surface area contributed by atoms with Crippen molar-refractivity contribution < 1.29 is 22.7 Å². The fraction of sp³-hybridized carbons (Fsp3) is 0.458. The molecule has 2 aromatic heterocycles. The molecule has 1 saturated carbocycles. The molecule has 1 aliphatic carbocycles. The molecule has 5 nitrogen and oxygen atoms in total. The minimum Gasteiger partial charge on any atom is -0.470 e. The normalized spacial score (nSPS) is 15.9. The van der Waals surface area contributed by atoms with Crippen LogP contribution in [0.1, 0.15) is 67.7 Å². The van der Waals surface area contributed by atoms with Crippen molar-refractivity contribution in [3.05, 3.63) is 53.2 Å². The van der Waals surface area contributed by atoms with E-state index >= 15 is 0 Å². The zero-order valence-electron chi connectivity index (χ0n) is 18.2. The van der Waals surface area contributed by atoms with Crippen LogP contribution >= 0.6 is 0 Å². The standard InChI is InChI=1S/C24H26F3N3O2/c1-15(16-8-4-3-5-9-16)12-18(31)14-32-20-13-19(24(25,26)27)21-22(17-10-6-7-11-17)29-30(2)23(21)28-20/h3-5,8-9,13,15,17H,6-7,10-12,14H2,1-2H3/t15-/m1/s1. The molecular weight excluding hydrogens is 419 g/mol. The lowest BCUT2D eigenvalue weighted by Crippen LogP contribution is -2.15. The number of hydrogen-bond acceptors (Lipinski definition) is 4. The second-order valence-corrected chi connectivity index (χ2v) is 8.54.